The van der Waals surface area contributed by atoms with Crippen molar-refractivity contribution < 1.29 is 8.42 Å². The molecule has 1 fully saturated rings. The van der Waals surface area contributed by atoms with E-state index in [2.05, 4.69) is 33.7 Å². The summed E-state index contributed by atoms with van der Waals surface area (Å²) in [7, 11) is -3.43. The Morgan fingerprint density at radius 1 is 1.24 bits per heavy atom. The molecule has 0 aliphatic carbocycles. The van der Waals surface area contributed by atoms with Gasteiger partial charge in [-0.1, -0.05) is 13.8 Å². The molecule has 0 spiro atoms. The van der Waals surface area contributed by atoms with Crippen LogP contribution >= 0.6 is 0 Å². The molecule has 0 amide bonds. The molecule has 2 aromatic heterocycles. The molecule has 1 aliphatic heterocycles. The molecule has 0 bridgehead atoms. The molecular formula is C14H18N4O2S. The smallest absolute Gasteiger partial charge is 0.247 e. The highest BCUT2D eigenvalue weighted by atomic mass is 32.2. The van der Waals surface area contributed by atoms with Gasteiger partial charge in [0.05, 0.1) is 0 Å². The Morgan fingerprint density at radius 3 is 2.48 bits per heavy atom. The Morgan fingerprint density at radius 2 is 1.90 bits per heavy atom. The van der Waals surface area contributed by atoms with E-state index in [1.54, 1.807) is 6.20 Å². The van der Waals surface area contributed by atoms with E-state index in [4.69, 9.17) is 0 Å². The van der Waals surface area contributed by atoms with Crippen LogP contribution in [0.2, 0.25) is 0 Å². The third-order valence-electron chi connectivity index (χ3n) is 3.52. The summed E-state index contributed by atoms with van der Waals surface area (Å²) in [5.74, 6) is 0.747. The number of pyridine rings is 1. The molecule has 112 valence electrons. The van der Waals surface area contributed by atoms with Gasteiger partial charge in [-0.25, -0.2) is 23.4 Å². The predicted molar refractivity (Wildman–Crippen MR) is 81.2 cm³/mol. The second-order valence-corrected chi connectivity index (χ2v) is 8.38. The minimum absolute atomic E-state index is 0.151. The molecule has 0 atom stereocenters. The molecule has 21 heavy (non-hydrogen) atoms. The maximum Gasteiger partial charge on any atom is 0.247 e. The number of aromatic nitrogens is 3. The summed E-state index contributed by atoms with van der Waals surface area (Å²) >= 11 is 0. The van der Waals surface area contributed by atoms with Crippen LogP contribution in [-0.4, -0.2) is 42.7 Å². The Kier molecular flexibility index (Phi) is 2.95. The lowest BCUT2D eigenvalue weighted by molar-refractivity contribution is 0.275. The first kappa shape index (κ1) is 14.2. The number of rotatable bonds is 2. The molecule has 0 radical (unpaired) electrons. The maximum atomic E-state index is 11.7. The summed E-state index contributed by atoms with van der Waals surface area (Å²) < 4.78 is 23.3. The second kappa shape index (κ2) is 4.37. The number of hydrogen-bond donors (Lipinski definition) is 0. The van der Waals surface area contributed by atoms with Crippen LogP contribution in [0.1, 0.15) is 19.5 Å². The Hall–Kier alpha value is -1.76. The van der Waals surface area contributed by atoms with Crippen molar-refractivity contribution in [3.8, 4) is 0 Å². The van der Waals surface area contributed by atoms with Crippen molar-refractivity contribution >= 4 is 26.6 Å². The van der Waals surface area contributed by atoms with Crippen molar-refractivity contribution in [2.45, 2.75) is 25.9 Å². The van der Waals surface area contributed by atoms with E-state index in [0.29, 0.717) is 5.52 Å². The number of sulfone groups is 1. The highest BCUT2D eigenvalue weighted by Gasteiger charge is 2.36. The van der Waals surface area contributed by atoms with E-state index < -0.39 is 9.84 Å². The summed E-state index contributed by atoms with van der Waals surface area (Å²) in [6, 6.07) is 1.87. The van der Waals surface area contributed by atoms with Gasteiger partial charge >= 0.3 is 0 Å². The van der Waals surface area contributed by atoms with Gasteiger partial charge in [0.25, 0.3) is 0 Å². The standard InChI is InChI=1S/C14H18N4O2S/c1-9-5-10-6-15-13(21(4,19)20)17-11(10)12(16-9)18-7-14(2,3)8-18/h5-6H,7-8H2,1-4H3. The van der Waals surface area contributed by atoms with Gasteiger partial charge in [-0.15, -0.1) is 0 Å². The molecule has 0 aromatic carbocycles. The van der Waals surface area contributed by atoms with Crippen molar-refractivity contribution in [3.63, 3.8) is 0 Å². The van der Waals surface area contributed by atoms with Crippen molar-refractivity contribution in [1.29, 1.82) is 0 Å². The molecule has 2 aromatic rings. The average Bonchev–Trinajstić information content (AvgIpc) is 2.33. The first-order valence-corrected chi connectivity index (χ1v) is 8.64. The van der Waals surface area contributed by atoms with E-state index in [1.807, 2.05) is 13.0 Å². The molecule has 0 unspecified atom stereocenters. The largest absolute Gasteiger partial charge is 0.354 e. The summed E-state index contributed by atoms with van der Waals surface area (Å²) in [4.78, 5) is 14.9. The van der Waals surface area contributed by atoms with E-state index in [1.165, 1.54) is 0 Å². The molecule has 3 rings (SSSR count). The predicted octanol–water partition coefficient (Wildman–Crippen LogP) is 1.58. The second-order valence-electron chi connectivity index (χ2n) is 6.47. The number of fused-ring (bicyclic) bond motifs is 1. The van der Waals surface area contributed by atoms with Gasteiger partial charge in [0.2, 0.25) is 15.0 Å². The Bertz CT molecular complexity index is 822. The number of aryl methyl sites for hydroxylation is 1. The Balaban J connectivity index is 2.18. The zero-order chi connectivity index (χ0) is 15.4. The Labute approximate surface area is 124 Å². The van der Waals surface area contributed by atoms with Gasteiger partial charge in [0, 0.05) is 36.6 Å². The van der Waals surface area contributed by atoms with Gasteiger partial charge in [-0.2, -0.15) is 0 Å². The fourth-order valence-corrected chi connectivity index (χ4v) is 3.17. The van der Waals surface area contributed by atoms with Crippen LogP contribution in [0.3, 0.4) is 0 Å². The van der Waals surface area contributed by atoms with E-state index in [-0.39, 0.29) is 10.6 Å². The molecule has 3 heterocycles. The quantitative estimate of drug-likeness (QED) is 0.784. The first-order valence-electron chi connectivity index (χ1n) is 6.75. The van der Waals surface area contributed by atoms with Gasteiger partial charge in [-0.05, 0) is 18.4 Å². The SMILES string of the molecule is Cc1cc2cnc(S(C)(=O)=O)nc2c(N2CC(C)(C)C2)n1. The average molecular weight is 306 g/mol. The summed E-state index contributed by atoms with van der Waals surface area (Å²) in [6.07, 6.45) is 2.67. The molecule has 7 heteroatoms. The normalized spacial score (nSPS) is 17.8. The van der Waals surface area contributed by atoms with Crippen LogP contribution in [0.15, 0.2) is 17.4 Å². The van der Waals surface area contributed by atoms with Gasteiger partial charge in [-0.3, -0.25) is 0 Å². The monoisotopic (exact) mass is 306 g/mol. The highest BCUT2D eigenvalue weighted by Crippen LogP contribution is 2.35. The topological polar surface area (TPSA) is 76.1 Å². The summed E-state index contributed by atoms with van der Waals surface area (Å²) in [5, 5.41) is 0.663. The lowest BCUT2D eigenvalue weighted by Gasteiger charge is -2.46. The van der Waals surface area contributed by atoms with Crippen molar-refractivity contribution in [2.24, 2.45) is 5.41 Å². The molecule has 1 saturated heterocycles. The van der Waals surface area contributed by atoms with Gasteiger partial charge < -0.3 is 4.90 Å². The zero-order valence-corrected chi connectivity index (χ0v) is 13.4. The fourth-order valence-electron chi connectivity index (χ4n) is 2.67. The van der Waals surface area contributed by atoms with Crippen molar-refractivity contribution in [3.05, 3.63) is 18.0 Å². The maximum absolute atomic E-state index is 11.7. The third kappa shape index (κ3) is 2.57. The molecule has 1 aliphatic rings. The number of hydrogen-bond acceptors (Lipinski definition) is 6. The van der Waals surface area contributed by atoms with Gasteiger partial charge in [0.1, 0.15) is 5.52 Å². The molecule has 0 N–H and O–H groups in total. The first-order chi connectivity index (χ1) is 9.66. The zero-order valence-electron chi connectivity index (χ0n) is 12.6. The molecule has 0 saturated carbocycles. The van der Waals surface area contributed by atoms with Crippen molar-refractivity contribution in [2.75, 3.05) is 24.2 Å². The van der Waals surface area contributed by atoms with Gasteiger partial charge in [0.15, 0.2) is 5.82 Å². The number of anilines is 1. The van der Waals surface area contributed by atoms with E-state index in [9.17, 15) is 8.42 Å². The highest BCUT2D eigenvalue weighted by molar-refractivity contribution is 7.90. The van der Waals surface area contributed by atoms with Crippen LogP contribution in [0, 0.1) is 12.3 Å². The third-order valence-corrected chi connectivity index (χ3v) is 4.38. The minimum Gasteiger partial charge on any atom is -0.354 e. The summed E-state index contributed by atoms with van der Waals surface area (Å²) in [5.41, 5.74) is 1.73. The molecule has 6 nitrogen and oxygen atoms in total. The minimum atomic E-state index is -3.43. The van der Waals surface area contributed by atoms with E-state index in [0.717, 1.165) is 36.2 Å². The lowest BCUT2D eigenvalue weighted by atomic mass is 9.84. The fraction of sp³-hybridized carbons (Fsp3) is 0.500. The van der Waals surface area contributed by atoms with Crippen molar-refractivity contribution in [1.82, 2.24) is 15.0 Å². The van der Waals surface area contributed by atoms with Crippen LogP contribution in [0.4, 0.5) is 5.82 Å². The van der Waals surface area contributed by atoms with Crippen LogP contribution in [0.25, 0.3) is 10.9 Å². The van der Waals surface area contributed by atoms with Crippen LogP contribution in [0.5, 0.6) is 0 Å². The van der Waals surface area contributed by atoms with E-state index >= 15 is 0 Å². The molecular weight excluding hydrogens is 288 g/mol. The summed E-state index contributed by atoms with van der Waals surface area (Å²) in [6.45, 7) is 8.07. The van der Waals surface area contributed by atoms with Crippen LogP contribution < -0.4 is 4.90 Å². The lowest BCUT2D eigenvalue weighted by Crippen LogP contribution is -2.53. The number of nitrogens with zero attached hydrogens (tertiary/aromatic N) is 4. The van der Waals surface area contributed by atoms with Crippen LogP contribution in [-0.2, 0) is 9.84 Å².